The summed E-state index contributed by atoms with van der Waals surface area (Å²) in [5.74, 6) is 0. The minimum Gasteiger partial charge on any atom is -0.390 e. The molecule has 5 nitrogen and oxygen atoms in total. The van der Waals surface area contributed by atoms with Crippen molar-refractivity contribution in [2.45, 2.75) is 65.3 Å². The summed E-state index contributed by atoms with van der Waals surface area (Å²) in [6.45, 7) is 5.89. The molecule has 0 bridgehead atoms. The SMILES string of the molecule is CCn1nc(CO)c2c1CCN(Cc1nc3c(s1)CCCC3)C2. The highest BCUT2D eigenvalue weighted by Crippen LogP contribution is 2.29. The fourth-order valence-corrected chi connectivity index (χ4v) is 5.01. The molecule has 0 radical (unpaired) electrons. The summed E-state index contributed by atoms with van der Waals surface area (Å²) in [6.07, 6.45) is 6.00. The third kappa shape index (κ3) is 2.84. The van der Waals surface area contributed by atoms with E-state index in [4.69, 9.17) is 4.98 Å². The van der Waals surface area contributed by atoms with Gasteiger partial charge in [-0.05, 0) is 32.6 Å². The lowest BCUT2D eigenvalue weighted by atomic mass is 10.0. The van der Waals surface area contributed by atoms with Gasteiger partial charge in [0.2, 0.25) is 0 Å². The molecule has 0 aromatic carbocycles. The third-order valence-electron chi connectivity index (χ3n) is 4.99. The van der Waals surface area contributed by atoms with Gasteiger partial charge in [0.1, 0.15) is 5.01 Å². The van der Waals surface area contributed by atoms with Gasteiger partial charge >= 0.3 is 0 Å². The van der Waals surface area contributed by atoms with Crippen molar-refractivity contribution in [3.8, 4) is 0 Å². The minimum atomic E-state index is 0.0364. The van der Waals surface area contributed by atoms with E-state index in [-0.39, 0.29) is 6.61 Å². The zero-order valence-electron chi connectivity index (χ0n) is 13.7. The topological polar surface area (TPSA) is 54.2 Å². The van der Waals surface area contributed by atoms with Gasteiger partial charge in [0, 0.05) is 42.2 Å². The second-order valence-corrected chi connectivity index (χ2v) is 7.66. The first kappa shape index (κ1) is 15.3. The second-order valence-electron chi connectivity index (χ2n) is 6.49. The smallest absolute Gasteiger partial charge is 0.107 e. The Kier molecular flexibility index (Phi) is 4.22. The van der Waals surface area contributed by atoms with E-state index in [1.54, 1.807) is 0 Å². The van der Waals surface area contributed by atoms with Crippen molar-refractivity contribution >= 4 is 11.3 Å². The number of hydrogen-bond acceptors (Lipinski definition) is 5. The number of aromatic nitrogens is 3. The number of aliphatic hydroxyl groups excluding tert-OH is 1. The van der Waals surface area contributed by atoms with Gasteiger partial charge in [-0.3, -0.25) is 9.58 Å². The minimum absolute atomic E-state index is 0.0364. The van der Waals surface area contributed by atoms with Gasteiger partial charge in [-0.25, -0.2) is 4.98 Å². The highest BCUT2D eigenvalue weighted by molar-refractivity contribution is 7.11. The van der Waals surface area contributed by atoms with Gasteiger partial charge in [-0.2, -0.15) is 5.10 Å². The molecule has 2 aromatic heterocycles. The van der Waals surface area contributed by atoms with Gasteiger partial charge < -0.3 is 5.11 Å². The number of aliphatic hydroxyl groups is 1. The molecule has 0 atom stereocenters. The summed E-state index contributed by atoms with van der Waals surface area (Å²) in [4.78, 5) is 8.84. The van der Waals surface area contributed by atoms with Crippen LogP contribution >= 0.6 is 11.3 Å². The van der Waals surface area contributed by atoms with Crippen LogP contribution in [0.5, 0.6) is 0 Å². The molecule has 4 rings (SSSR count). The standard InChI is InChI=1S/C17H24N4OS/c1-2-21-15-7-8-20(9-12(15)14(11-22)19-21)10-17-18-13-5-3-4-6-16(13)23-17/h22H,2-11H2,1H3. The molecular formula is C17H24N4OS. The normalized spacial score (nSPS) is 18.0. The van der Waals surface area contributed by atoms with Crippen LogP contribution in [0.15, 0.2) is 0 Å². The molecule has 0 fully saturated rings. The average Bonchev–Trinajstić information content (AvgIpc) is 3.14. The monoisotopic (exact) mass is 332 g/mol. The lowest BCUT2D eigenvalue weighted by Crippen LogP contribution is -2.31. The number of fused-ring (bicyclic) bond motifs is 2. The maximum absolute atomic E-state index is 9.58. The Bertz CT molecular complexity index is 682. The Morgan fingerprint density at radius 1 is 1.22 bits per heavy atom. The Hall–Kier alpha value is -1.24. The molecule has 0 amide bonds. The second kappa shape index (κ2) is 6.34. The lowest BCUT2D eigenvalue weighted by molar-refractivity contribution is 0.235. The molecule has 3 heterocycles. The average molecular weight is 332 g/mol. The number of hydrogen-bond donors (Lipinski definition) is 1. The number of thiazole rings is 1. The maximum Gasteiger partial charge on any atom is 0.107 e. The van der Waals surface area contributed by atoms with E-state index >= 15 is 0 Å². The molecule has 1 aliphatic carbocycles. The van der Waals surface area contributed by atoms with Crippen LogP contribution < -0.4 is 0 Å². The van der Waals surface area contributed by atoms with Gasteiger partial charge in [0.05, 0.1) is 24.5 Å². The molecule has 2 aromatic rings. The summed E-state index contributed by atoms with van der Waals surface area (Å²) < 4.78 is 2.06. The molecule has 0 saturated heterocycles. The Morgan fingerprint density at radius 2 is 2.09 bits per heavy atom. The molecular weight excluding hydrogens is 308 g/mol. The zero-order valence-corrected chi connectivity index (χ0v) is 14.5. The highest BCUT2D eigenvalue weighted by atomic mass is 32.1. The summed E-state index contributed by atoms with van der Waals surface area (Å²) >= 11 is 1.91. The number of rotatable bonds is 4. The van der Waals surface area contributed by atoms with Crippen LogP contribution in [0.25, 0.3) is 0 Å². The van der Waals surface area contributed by atoms with E-state index in [0.717, 1.165) is 44.7 Å². The third-order valence-corrected chi connectivity index (χ3v) is 6.14. The van der Waals surface area contributed by atoms with Crippen LogP contribution in [0.2, 0.25) is 0 Å². The van der Waals surface area contributed by atoms with Gasteiger partial charge in [0.25, 0.3) is 0 Å². The zero-order chi connectivity index (χ0) is 15.8. The molecule has 1 aliphatic heterocycles. The van der Waals surface area contributed by atoms with Crippen LogP contribution in [0, 0.1) is 0 Å². The summed E-state index contributed by atoms with van der Waals surface area (Å²) in [7, 11) is 0. The predicted molar refractivity (Wildman–Crippen MR) is 90.4 cm³/mol. The van der Waals surface area contributed by atoms with Crippen molar-refractivity contribution in [2.75, 3.05) is 6.54 Å². The Labute approximate surface area is 141 Å². The molecule has 2 aliphatic rings. The van der Waals surface area contributed by atoms with Crippen LogP contribution in [0.1, 0.15) is 52.3 Å². The van der Waals surface area contributed by atoms with Crippen molar-refractivity contribution in [2.24, 2.45) is 0 Å². The van der Waals surface area contributed by atoms with Crippen LogP contribution in [-0.4, -0.2) is 31.3 Å². The molecule has 124 valence electrons. The quantitative estimate of drug-likeness (QED) is 0.933. The fraction of sp³-hybridized carbons (Fsp3) is 0.647. The van der Waals surface area contributed by atoms with E-state index < -0.39 is 0 Å². The summed E-state index contributed by atoms with van der Waals surface area (Å²) in [6, 6.07) is 0. The van der Waals surface area contributed by atoms with E-state index in [9.17, 15) is 5.11 Å². The van der Waals surface area contributed by atoms with E-state index in [1.807, 2.05) is 11.3 Å². The Balaban J connectivity index is 1.51. The Morgan fingerprint density at radius 3 is 2.87 bits per heavy atom. The maximum atomic E-state index is 9.58. The van der Waals surface area contributed by atoms with Crippen molar-refractivity contribution in [1.82, 2.24) is 19.7 Å². The van der Waals surface area contributed by atoms with Crippen LogP contribution in [0.3, 0.4) is 0 Å². The van der Waals surface area contributed by atoms with E-state index in [0.29, 0.717) is 0 Å². The summed E-state index contributed by atoms with van der Waals surface area (Å²) in [5, 5.41) is 15.4. The number of nitrogens with zero attached hydrogens (tertiary/aromatic N) is 4. The van der Waals surface area contributed by atoms with Crippen molar-refractivity contribution < 1.29 is 5.11 Å². The molecule has 0 spiro atoms. The fourth-order valence-electron chi connectivity index (χ4n) is 3.81. The van der Waals surface area contributed by atoms with Gasteiger partial charge in [-0.15, -0.1) is 11.3 Å². The van der Waals surface area contributed by atoms with Crippen molar-refractivity contribution in [3.05, 3.63) is 32.5 Å². The number of aryl methyl sites for hydroxylation is 3. The lowest BCUT2D eigenvalue weighted by Gasteiger charge is -2.26. The molecule has 6 heteroatoms. The van der Waals surface area contributed by atoms with Crippen LogP contribution in [-0.2, 0) is 45.5 Å². The van der Waals surface area contributed by atoms with Crippen LogP contribution in [0.4, 0.5) is 0 Å². The van der Waals surface area contributed by atoms with E-state index in [1.165, 1.54) is 46.1 Å². The first-order valence-electron chi connectivity index (χ1n) is 8.66. The first-order chi connectivity index (χ1) is 11.3. The summed E-state index contributed by atoms with van der Waals surface area (Å²) in [5.41, 5.74) is 4.75. The predicted octanol–water partition coefficient (Wildman–Crippen LogP) is 2.29. The van der Waals surface area contributed by atoms with Gasteiger partial charge in [0.15, 0.2) is 0 Å². The molecule has 1 N–H and O–H groups in total. The first-order valence-corrected chi connectivity index (χ1v) is 9.48. The van der Waals surface area contributed by atoms with Gasteiger partial charge in [-0.1, -0.05) is 0 Å². The molecule has 0 unspecified atom stereocenters. The molecule has 23 heavy (non-hydrogen) atoms. The largest absolute Gasteiger partial charge is 0.390 e. The van der Waals surface area contributed by atoms with Crippen molar-refractivity contribution in [1.29, 1.82) is 0 Å². The molecule has 0 saturated carbocycles. The van der Waals surface area contributed by atoms with E-state index in [2.05, 4.69) is 21.6 Å². The highest BCUT2D eigenvalue weighted by Gasteiger charge is 2.25. The van der Waals surface area contributed by atoms with Crippen molar-refractivity contribution in [3.63, 3.8) is 0 Å².